The Kier molecular flexibility index (Phi) is 3.20. The fourth-order valence-electron chi connectivity index (χ4n) is 7.94. The number of hydrogen-bond acceptors (Lipinski definition) is 6. The number of hydrogen-bond donors (Lipinski definition) is 2. The van der Waals surface area contributed by atoms with Crippen molar-refractivity contribution < 1.29 is 18.9 Å². The van der Waals surface area contributed by atoms with E-state index in [1.54, 1.807) is 0 Å². The van der Waals surface area contributed by atoms with Crippen LogP contribution in [0.2, 0.25) is 0 Å². The highest BCUT2D eigenvalue weighted by atomic mass is 16.6. The molecule has 4 N–H and O–H groups in total. The molecule has 1 saturated carbocycles. The van der Waals surface area contributed by atoms with Crippen LogP contribution in [0.1, 0.15) is 47.0 Å². The van der Waals surface area contributed by atoms with Gasteiger partial charge in [-0.05, 0) is 53.6 Å². The van der Waals surface area contributed by atoms with Gasteiger partial charge in [-0.3, -0.25) is 0 Å². The van der Waals surface area contributed by atoms with E-state index < -0.39 is 0 Å². The molecule has 0 amide bonds. The van der Waals surface area contributed by atoms with Crippen molar-refractivity contribution in [1.82, 2.24) is 0 Å². The summed E-state index contributed by atoms with van der Waals surface area (Å²) in [6, 6.07) is 0. The van der Waals surface area contributed by atoms with Crippen LogP contribution in [0, 0.1) is 16.2 Å². The summed E-state index contributed by atoms with van der Waals surface area (Å²) in [4.78, 5) is 0. The van der Waals surface area contributed by atoms with E-state index in [-0.39, 0.29) is 38.6 Å². The number of epoxide rings is 4. The molecule has 148 valence electrons. The summed E-state index contributed by atoms with van der Waals surface area (Å²) < 4.78 is 25.0. The van der Waals surface area contributed by atoms with Crippen LogP contribution in [0.5, 0.6) is 0 Å². The summed E-state index contributed by atoms with van der Waals surface area (Å²) in [5.74, 6) is 0. The first-order valence-electron chi connectivity index (χ1n) is 10.1. The maximum absolute atomic E-state index is 6.55. The van der Waals surface area contributed by atoms with Crippen LogP contribution >= 0.6 is 0 Å². The smallest absolute Gasteiger partial charge is 0.0986 e. The van der Waals surface area contributed by atoms with Crippen LogP contribution in [0.15, 0.2) is 0 Å². The molecular weight excluding hydrogens is 332 g/mol. The second-order valence-electron chi connectivity index (χ2n) is 10.3. The van der Waals surface area contributed by atoms with Crippen LogP contribution in [-0.2, 0) is 18.9 Å². The Morgan fingerprint density at radius 1 is 0.654 bits per heavy atom. The van der Waals surface area contributed by atoms with Gasteiger partial charge >= 0.3 is 0 Å². The summed E-state index contributed by atoms with van der Waals surface area (Å²) >= 11 is 0. The quantitative estimate of drug-likeness (QED) is 0.685. The van der Waals surface area contributed by atoms with Crippen LogP contribution in [0.25, 0.3) is 0 Å². The predicted molar refractivity (Wildman–Crippen MR) is 96.7 cm³/mol. The molecule has 4 saturated heterocycles. The van der Waals surface area contributed by atoms with Crippen molar-refractivity contribution in [3.63, 3.8) is 0 Å². The molecular formula is C20H34N2O4. The molecule has 5 fully saturated rings. The molecule has 0 aromatic heterocycles. The highest BCUT2D eigenvalue weighted by molar-refractivity contribution is 5.39. The maximum Gasteiger partial charge on any atom is 0.0986 e. The fourth-order valence-corrected chi connectivity index (χ4v) is 7.94. The summed E-state index contributed by atoms with van der Waals surface area (Å²) in [7, 11) is 0. The largest absolute Gasteiger partial charge is 0.369 e. The van der Waals surface area contributed by atoms with Crippen molar-refractivity contribution in [2.24, 2.45) is 27.7 Å². The third kappa shape index (κ3) is 1.60. The minimum Gasteiger partial charge on any atom is -0.369 e. The first-order valence-corrected chi connectivity index (χ1v) is 10.1. The lowest BCUT2D eigenvalue weighted by atomic mass is 9.32. The van der Waals surface area contributed by atoms with Crippen molar-refractivity contribution in [2.45, 2.75) is 69.4 Å². The van der Waals surface area contributed by atoms with Crippen LogP contribution in [0.4, 0.5) is 0 Å². The Morgan fingerprint density at radius 2 is 1.04 bits per heavy atom. The Labute approximate surface area is 156 Å². The first-order chi connectivity index (χ1) is 12.2. The highest BCUT2D eigenvalue weighted by Gasteiger charge is 2.92. The number of rotatable bonds is 6. The maximum atomic E-state index is 6.55. The molecule has 0 spiro atoms. The minimum atomic E-state index is -0.349. The molecule has 1 aliphatic carbocycles. The molecule has 26 heavy (non-hydrogen) atoms. The SMILES string of the molecule is CC1(C2(C3(C)CO3)CCCC(CN)(CN)C2(C2(C)CO2)C2(C)CO2)CO1. The predicted octanol–water partition coefficient (Wildman–Crippen LogP) is 1.20. The molecule has 4 unspecified atom stereocenters. The molecule has 4 aliphatic heterocycles. The molecule has 4 heterocycles. The molecule has 6 heteroatoms. The van der Waals surface area contributed by atoms with Gasteiger partial charge in [0, 0.05) is 10.8 Å². The highest BCUT2D eigenvalue weighted by Crippen LogP contribution is 2.83. The van der Waals surface area contributed by atoms with Gasteiger partial charge in [0.05, 0.1) is 54.2 Å². The van der Waals surface area contributed by atoms with E-state index in [1.165, 1.54) is 0 Å². The normalized spacial score (nSPS) is 59.8. The summed E-state index contributed by atoms with van der Waals surface area (Å²) in [6.07, 6.45) is 3.13. The molecule has 0 radical (unpaired) electrons. The van der Waals surface area contributed by atoms with Crippen molar-refractivity contribution >= 4 is 0 Å². The average molecular weight is 367 g/mol. The van der Waals surface area contributed by atoms with Crippen molar-refractivity contribution in [2.75, 3.05) is 39.5 Å². The lowest BCUT2D eigenvalue weighted by Crippen LogP contribution is -2.78. The molecule has 4 atom stereocenters. The standard InChI is InChI=1S/C20H34N2O4/c1-14(10-23-14)19(15(2)11-24-15)7-5-6-18(8-21,9-22)20(19,16(3)12-25-16)17(4)13-26-17/h5-13,21-22H2,1-4H3. The van der Waals surface area contributed by atoms with E-state index in [9.17, 15) is 0 Å². The van der Waals surface area contributed by atoms with Gasteiger partial charge in [-0.1, -0.05) is 6.42 Å². The molecule has 0 bridgehead atoms. The van der Waals surface area contributed by atoms with E-state index in [0.29, 0.717) is 13.1 Å². The van der Waals surface area contributed by atoms with E-state index in [1.807, 2.05) is 0 Å². The van der Waals surface area contributed by atoms with E-state index in [2.05, 4.69) is 27.7 Å². The Hall–Kier alpha value is -0.240. The molecule has 5 rings (SSSR count). The summed E-state index contributed by atoms with van der Waals surface area (Å²) in [5, 5.41) is 0. The van der Waals surface area contributed by atoms with Crippen molar-refractivity contribution in [3.8, 4) is 0 Å². The van der Waals surface area contributed by atoms with E-state index in [0.717, 1.165) is 45.7 Å². The lowest BCUT2D eigenvalue weighted by molar-refractivity contribution is -0.251. The van der Waals surface area contributed by atoms with E-state index in [4.69, 9.17) is 30.4 Å². The second kappa shape index (κ2) is 4.66. The van der Waals surface area contributed by atoms with Crippen molar-refractivity contribution in [1.29, 1.82) is 0 Å². The van der Waals surface area contributed by atoms with Crippen molar-refractivity contribution in [3.05, 3.63) is 0 Å². The lowest BCUT2D eigenvalue weighted by Gasteiger charge is -2.69. The van der Waals surface area contributed by atoms with Crippen LogP contribution < -0.4 is 11.5 Å². The van der Waals surface area contributed by atoms with Crippen LogP contribution in [-0.4, -0.2) is 61.9 Å². The van der Waals surface area contributed by atoms with Gasteiger partial charge in [0.1, 0.15) is 0 Å². The zero-order valence-corrected chi connectivity index (χ0v) is 16.7. The number of ether oxygens (including phenoxy) is 4. The zero-order valence-electron chi connectivity index (χ0n) is 16.7. The first kappa shape index (κ1) is 17.8. The van der Waals surface area contributed by atoms with Gasteiger partial charge in [-0.25, -0.2) is 0 Å². The number of nitrogens with two attached hydrogens (primary N) is 2. The van der Waals surface area contributed by atoms with Gasteiger partial charge in [0.25, 0.3) is 0 Å². The third-order valence-corrected chi connectivity index (χ3v) is 9.13. The fraction of sp³-hybridized carbons (Fsp3) is 1.00. The van der Waals surface area contributed by atoms with Gasteiger partial charge in [-0.15, -0.1) is 0 Å². The molecule has 0 aromatic carbocycles. The Bertz CT molecular complexity index is 592. The summed E-state index contributed by atoms with van der Waals surface area (Å²) in [6.45, 7) is 13.0. The van der Waals surface area contributed by atoms with Crippen LogP contribution in [0.3, 0.4) is 0 Å². The molecule has 5 aliphatic rings. The molecule has 6 nitrogen and oxygen atoms in total. The van der Waals surface area contributed by atoms with Gasteiger partial charge in [-0.2, -0.15) is 0 Å². The molecule has 0 aromatic rings. The second-order valence-corrected chi connectivity index (χ2v) is 10.3. The Morgan fingerprint density at radius 3 is 1.35 bits per heavy atom. The third-order valence-electron chi connectivity index (χ3n) is 9.13. The van der Waals surface area contributed by atoms with Gasteiger partial charge < -0.3 is 30.4 Å². The zero-order chi connectivity index (χ0) is 18.7. The average Bonchev–Trinajstić information content (AvgIpc) is 3.40. The Balaban J connectivity index is 1.86. The van der Waals surface area contributed by atoms with Gasteiger partial charge in [0.2, 0.25) is 0 Å². The topological polar surface area (TPSA) is 102 Å². The minimum absolute atomic E-state index is 0.236. The van der Waals surface area contributed by atoms with Gasteiger partial charge in [0.15, 0.2) is 0 Å². The monoisotopic (exact) mass is 366 g/mol. The summed E-state index contributed by atoms with van der Waals surface area (Å²) in [5.41, 5.74) is 11.1. The van der Waals surface area contributed by atoms with E-state index >= 15 is 0 Å².